The third-order valence-electron chi connectivity index (χ3n) is 2.57. The Morgan fingerprint density at radius 3 is 2.79 bits per heavy atom. The Hall–Kier alpha value is -0.890. The number of hydrogen-bond donors (Lipinski definition) is 0. The second-order valence-electron chi connectivity index (χ2n) is 3.47. The zero-order chi connectivity index (χ0) is 9.97. The van der Waals surface area contributed by atoms with E-state index in [2.05, 4.69) is 28.1 Å². The summed E-state index contributed by atoms with van der Waals surface area (Å²) in [6.07, 6.45) is 3.95. The van der Waals surface area contributed by atoms with Crippen LogP contribution in [0.4, 0.5) is 0 Å². The van der Waals surface area contributed by atoms with Crippen molar-refractivity contribution in [1.82, 2.24) is 0 Å². The number of allylic oxidation sites excluding steroid dienone is 1. The highest BCUT2D eigenvalue weighted by Crippen LogP contribution is 2.33. The van der Waals surface area contributed by atoms with Crippen LogP contribution < -0.4 is 0 Å². The number of hydrogen-bond acceptors (Lipinski definition) is 1. The Morgan fingerprint density at radius 1 is 1.21 bits per heavy atom. The third-order valence-corrected chi connectivity index (χ3v) is 3.51. The SMILES string of the molecule is O=CC1=C(Br)c2ccccc2CCC1. The fourth-order valence-electron chi connectivity index (χ4n) is 1.82. The first-order valence-electron chi connectivity index (χ1n) is 4.75. The molecule has 0 amide bonds. The molecule has 72 valence electrons. The second kappa shape index (κ2) is 4.09. The van der Waals surface area contributed by atoms with Crippen LogP contribution in [0.15, 0.2) is 29.8 Å². The number of fused-ring (bicyclic) bond motifs is 1. The predicted octanol–water partition coefficient (Wildman–Crippen LogP) is 3.33. The Labute approximate surface area is 92.0 Å². The van der Waals surface area contributed by atoms with E-state index in [-0.39, 0.29) is 0 Å². The molecule has 0 spiro atoms. The highest BCUT2D eigenvalue weighted by atomic mass is 79.9. The monoisotopic (exact) mass is 250 g/mol. The average Bonchev–Trinajstić information content (AvgIpc) is 2.39. The molecule has 2 rings (SSSR count). The summed E-state index contributed by atoms with van der Waals surface area (Å²) in [7, 11) is 0. The van der Waals surface area contributed by atoms with Gasteiger partial charge in [-0.15, -0.1) is 0 Å². The first kappa shape index (κ1) is 9.66. The molecule has 0 fully saturated rings. The van der Waals surface area contributed by atoms with Gasteiger partial charge >= 0.3 is 0 Å². The summed E-state index contributed by atoms with van der Waals surface area (Å²) in [6.45, 7) is 0. The fraction of sp³-hybridized carbons (Fsp3) is 0.250. The van der Waals surface area contributed by atoms with Gasteiger partial charge in [-0.05, 0) is 46.3 Å². The molecule has 0 N–H and O–H groups in total. The molecular weight excluding hydrogens is 240 g/mol. The van der Waals surface area contributed by atoms with Gasteiger partial charge in [0.2, 0.25) is 0 Å². The molecule has 0 bridgehead atoms. The predicted molar refractivity (Wildman–Crippen MR) is 61.3 cm³/mol. The fourth-order valence-corrected chi connectivity index (χ4v) is 2.49. The second-order valence-corrected chi connectivity index (χ2v) is 4.26. The standard InChI is InChI=1S/C12H11BrO/c13-12-10(8-14)6-3-5-9-4-1-2-7-11(9)12/h1-2,4,7-8H,3,5-6H2. The van der Waals surface area contributed by atoms with Crippen LogP contribution in [0, 0.1) is 0 Å². The molecule has 1 aromatic carbocycles. The maximum atomic E-state index is 10.8. The van der Waals surface area contributed by atoms with E-state index in [4.69, 9.17) is 0 Å². The normalized spacial score (nSPS) is 16.1. The third kappa shape index (κ3) is 1.67. The number of aldehydes is 1. The highest BCUT2D eigenvalue weighted by Gasteiger charge is 2.13. The number of aryl methyl sites for hydroxylation is 1. The van der Waals surface area contributed by atoms with Crippen LogP contribution in [0.5, 0.6) is 0 Å². The zero-order valence-electron chi connectivity index (χ0n) is 7.79. The summed E-state index contributed by atoms with van der Waals surface area (Å²) in [4.78, 5) is 10.8. The van der Waals surface area contributed by atoms with Crippen molar-refractivity contribution >= 4 is 26.7 Å². The number of rotatable bonds is 1. The van der Waals surface area contributed by atoms with Gasteiger partial charge in [0, 0.05) is 10.1 Å². The summed E-state index contributed by atoms with van der Waals surface area (Å²) in [5.74, 6) is 0. The minimum absolute atomic E-state index is 0.874. The topological polar surface area (TPSA) is 17.1 Å². The number of benzene rings is 1. The van der Waals surface area contributed by atoms with Gasteiger partial charge in [0.15, 0.2) is 0 Å². The van der Waals surface area contributed by atoms with E-state index in [1.807, 2.05) is 12.1 Å². The van der Waals surface area contributed by atoms with E-state index in [0.29, 0.717) is 0 Å². The van der Waals surface area contributed by atoms with Gasteiger partial charge in [-0.2, -0.15) is 0 Å². The molecule has 2 heteroatoms. The van der Waals surface area contributed by atoms with Gasteiger partial charge in [-0.3, -0.25) is 4.79 Å². The Bertz CT molecular complexity index is 393. The van der Waals surface area contributed by atoms with Crippen LogP contribution in [0.2, 0.25) is 0 Å². The quantitative estimate of drug-likeness (QED) is 0.699. The van der Waals surface area contributed by atoms with Crippen molar-refractivity contribution in [2.24, 2.45) is 0 Å². The van der Waals surface area contributed by atoms with E-state index in [0.717, 1.165) is 35.6 Å². The van der Waals surface area contributed by atoms with Gasteiger partial charge in [-0.1, -0.05) is 24.3 Å². The summed E-state index contributed by atoms with van der Waals surface area (Å²) in [5.41, 5.74) is 3.39. The minimum atomic E-state index is 0.874. The van der Waals surface area contributed by atoms with Crippen LogP contribution in [0.25, 0.3) is 4.48 Å². The first-order valence-corrected chi connectivity index (χ1v) is 5.54. The number of carbonyl (C=O) groups is 1. The van der Waals surface area contributed by atoms with Crippen LogP contribution in [-0.2, 0) is 11.2 Å². The molecule has 0 saturated heterocycles. The van der Waals surface area contributed by atoms with Crippen molar-refractivity contribution < 1.29 is 4.79 Å². The van der Waals surface area contributed by atoms with Crippen molar-refractivity contribution in [3.8, 4) is 0 Å². The Morgan fingerprint density at radius 2 is 2.00 bits per heavy atom. The lowest BCUT2D eigenvalue weighted by Crippen LogP contribution is -1.87. The molecule has 1 aliphatic rings. The van der Waals surface area contributed by atoms with E-state index >= 15 is 0 Å². The summed E-state index contributed by atoms with van der Waals surface area (Å²) in [5, 5.41) is 0. The molecule has 1 aliphatic carbocycles. The molecule has 0 atom stereocenters. The molecule has 1 nitrogen and oxygen atoms in total. The molecular formula is C12H11BrO. The van der Waals surface area contributed by atoms with Crippen molar-refractivity contribution in [3.63, 3.8) is 0 Å². The molecule has 0 aromatic heterocycles. The maximum absolute atomic E-state index is 10.8. The molecule has 14 heavy (non-hydrogen) atoms. The van der Waals surface area contributed by atoms with Gasteiger partial charge < -0.3 is 0 Å². The van der Waals surface area contributed by atoms with Crippen molar-refractivity contribution in [1.29, 1.82) is 0 Å². The first-order chi connectivity index (χ1) is 6.83. The Kier molecular flexibility index (Phi) is 2.82. The van der Waals surface area contributed by atoms with Crippen molar-refractivity contribution in [3.05, 3.63) is 41.0 Å². The summed E-state index contributed by atoms with van der Waals surface area (Å²) < 4.78 is 0.973. The number of halogens is 1. The average molecular weight is 251 g/mol. The van der Waals surface area contributed by atoms with E-state index < -0.39 is 0 Å². The maximum Gasteiger partial charge on any atom is 0.147 e. The molecule has 0 saturated carbocycles. The zero-order valence-corrected chi connectivity index (χ0v) is 9.38. The molecule has 1 aromatic rings. The van der Waals surface area contributed by atoms with Crippen molar-refractivity contribution in [2.45, 2.75) is 19.3 Å². The molecule has 0 radical (unpaired) electrons. The van der Waals surface area contributed by atoms with Gasteiger partial charge in [0.05, 0.1) is 0 Å². The van der Waals surface area contributed by atoms with Gasteiger partial charge in [0.1, 0.15) is 6.29 Å². The van der Waals surface area contributed by atoms with Crippen LogP contribution in [0.3, 0.4) is 0 Å². The largest absolute Gasteiger partial charge is 0.298 e. The summed E-state index contributed by atoms with van der Waals surface area (Å²) >= 11 is 3.51. The molecule has 0 unspecified atom stereocenters. The van der Waals surface area contributed by atoms with Gasteiger partial charge in [0.25, 0.3) is 0 Å². The highest BCUT2D eigenvalue weighted by molar-refractivity contribution is 9.15. The molecule has 0 aliphatic heterocycles. The lowest BCUT2D eigenvalue weighted by molar-refractivity contribution is -0.105. The summed E-state index contributed by atoms with van der Waals surface area (Å²) in [6, 6.07) is 8.25. The van der Waals surface area contributed by atoms with E-state index in [9.17, 15) is 4.79 Å². The molecule has 0 heterocycles. The number of carbonyl (C=O) groups excluding carboxylic acids is 1. The van der Waals surface area contributed by atoms with Crippen LogP contribution in [-0.4, -0.2) is 6.29 Å². The van der Waals surface area contributed by atoms with Crippen LogP contribution >= 0.6 is 15.9 Å². The lowest BCUT2D eigenvalue weighted by Gasteiger charge is -2.04. The smallest absolute Gasteiger partial charge is 0.147 e. The van der Waals surface area contributed by atoms with E-state index in [1.54, 1.807) is 0 Å². The van der Waals surface area contributed by atoms with Crippen molar-refractivity contribution in [2.75, 3.05) is 0 Å². The Balaban J connectivity index is 2.57. The minimum Gasteiger partial charge on any atom is -0.298 e. The lowest BCUT2D eigenvalue weighted by atomic mass is 10.1. The van der Waals surface area contributed by atoms with Gasteiger partial charge in [-0.25, -0.2) is 0 Å². The van der Waals surface area contributed by atoms with Crippen LogP contribution in [0.1, 0.15) is 24.0 Å². The van der Waals surface area contributed by atoms with E-state index in [1.165, 1.54) is 11.1 Å².